The summed E-state index contributed by atoms with van der Waals surface area (Å²) in [6.07, 6.45) is -1.64. The molecule has 0 radical (unpaired) electrons. The number of anilines is 1. The number of halogens is 3. The summed E-state index contributed by atoms with van der Waals surface area (Å²) in [6.45, 7) is 1.16. The fraction of sp³-hybridized carbons (Fsp3) is 0.111. The summed E-state index contributed by atoms with van der Waals surface area (Å²) in [6, 6.07) is 8.87. The summed E-state index contributed by atoms with van der Waals surface area (Å²) in [5.41, 5.74) is 7.19. The Morgan fingerprint density at radius 2 is 1.93 bits per heavy atom. The minimum atomic E-state index is -4.64. The van der Waals surface area contributed by atoms with Crippen molar-refractivity contribution in [3.63, 3.8) is 0 Å². The van der Waals surface area contributed by atoms with E-state index in [0.29, 0.717) is 11.1 Å². The zero-order valence-electron chi connectivity index (χ0n) is 13.9. The Morgan fingerprint density at radius 3 is 2.63 bits per heavy atom. The summed E-state index contributed by atoms with van der Waals surface area (Å²) < 4.78 is 39.6. The fourth-order valence-corrected chi connectivity index (χ4v) is 2.82. The first-order chi connectivity index (χ1) is 12.8. The predicted octanol–water partition coefficient (Wildman–Crippen LogP) is 5.76. The van der Waals surface area contributed by atoms with E-state index in [0.717, 1.165) is 24.4 Å². The molecule has 0 aliphatic rings. The molecule has 0 saturated heterocycles. The molecule has 9 heteroatoms. The zero-order chi connectivity index (χ0) is 19.6. The molecule has 0 aliphatic heterocycles. The van der Waals surface area contributed by atoms with E-state index in [4.69, 9.17) is 5.53 Å². The molecule has 0 saturated carbocycles. The van der Waals surface area contributed by atoms with Crippen LogP contribution in [-0.4, -0.2) is 10.9 Å². The molecule has 0 fully saturated rings. The highest BCUT2D eigenvalue weighted by molar-refractivity contribution is 6.12. The van der Waals surface area contributed by atoms with Crippen molar-refractivity contribution in [1.82, 2.24) is 4.98 Å². The summed E-state index contributed by atoms with van der Waals surface area (Å²) in [5, 5.41) is 7.35. The van der Waals surface area contributed by atoms with Crippen LogP contribution in [0.15, 0.2) is 53.9 Å². The maximum absolute atomic E-state index is 13.2. The minimum Gasteiger partial charge on any atom is -0.320 e. The topological polar surface area (TPSA) is 90.8 Å². The van der Waals surface area contributed by atoms with Crippen LogP contribution in [0.1, 0.15) is 21.5 Å². The molecule has 1 N–H and O–H groups in total. The minimum absolute atomic E-state index is 0.186. The number of pyridine rings is 1. The molecule has 0 aliphatic carbocycles. The van der Waals surface area contributed by atoms with E-state index >= 15 is 0 Å². The van der Waals surface area contributed by atoms with Crippen molar-refractivity contribution < 1.29 is 18.0 Å². The maximum atomic E-state index is 13.2. The van der Waals surface area contributed by atoms with Gasteiger partial charge in [0.2, 0.25) is 0 Å². The second-order valence-corrected chi connectivity index (χ2v) is 5.68. The molecular formula is C18H12F3N5O. The lowest BCUT2D eigenvalue weighted by atomic mass is 9.99. The molecule has 6 nitrogen and oxygen atoms in total. The van der Waals surface area contributed by atoms with Gasteiger partial charge in [-0.3, -0.25) is 9.78 Å². The normalized spacial score (nSPS) is 11.1. The van der Waals surface area contributed by atoms with E-state index < -0.39 is 17.6 Å². The van der Waals surface area contributed by atoms with Crippen molar-refractivity contribution in [2.45, 2.75) is 13.1 Å². The molecule has 3 rings (SSSR count). The molecule has 136 valence electrons. The van der Waals surface area contributed by atoms with Gasteiger partial charge < -0.3 is 5.32 Å². The van der Waals surface area contributed by atoms with Crippen molar-refractivity contribution in [2.24, 2.45) is 5.11 Å². The monoisotopic (exact) mass is 371 g/mol. The van der Waals surface area contributed by atoms with E-state index in [1.807, 2.05) is 0 Å². The number of benzene rings is 2. The summed E-state index contributed by atoms with van der Waals surface area (Å²) in [4.78, 5) is 19.4. The molecule has 1 aromatic heterocycles. The van der Waals surface area contributed by atoms with Gasteiger partial charge in [0.25, 0.3) is 5.91 Å². The molecule has 2 aromatic carbocycles. The molecule has 0 unspecified atom stereocenters. The number of carbonyl (C=O) groups is 1. The van der Waals surface area contributed by atoms with Gasteiger partial charge >= 0.3 is 6.18 Å². The van der Waals surface area contributed by atoms with E-state index in [2.05, 4.69) is 20.3 Å². The number of fused-ring (bicyclic) bond motifs is 1. The lowest BCUT2D eigenvalue weighted by Gasteiger charge is -2.16. The Kier molecular flexibility index (Phi) is 4.70. The van der Waals surface area contributed by atoms with Crippen LogP contribution >= 0.6 is 0 Å². The number of nitrogens with one attached hydrogen (secondary N) is 1. The Bertz CT molecular complexity index is 1080. The maximum Gasteiger partial charge on any atom is 0.416 e. The zero-order valence-corrected chi connectivity index (χ0v) is 13.9. The van der Waals surface area contributed by atoms with Crippen molar-refractivity contribution in [2.75, 3.05) is 5.32 Å². The van der Waals surface area contributed by atoms with Crippen LogP contribution in [0.25, 0.3) is 21.2 Å². The van der Waals surface area contributed by atoms with Crippen LogP contribution in [0, 0.1) is 6.92 Å². The average molecular weight is 371 g/mol. The van der Waals surface area contributed by atoms with Crippen LogP contribution in [0.3, 0.4) is 0 Å². The van der Waals surface area contributed by atoms with Gasteiger partial charge in [0.05, 0.1) is 28.7 Å². The standard InChI is InChI=1S/C18H12F3N5O/c1-10-13(18(19,20)21)6-7-14(25-26-22)16(10)17(27)24-15-9-23-8-11-4-2-3-5-12(11)15/h2-9H,1H3,(H,24,27). The molecule has 0 spiro atoms. The molecule has 3 aromatic rings. The molecule has 1 heterocycles. The van der Waals surface area contributed by atoms with Gasteiger partial charge in [0, 0.05) is 21.9 Å². The molecule has 1 amide bonds. The molecular weight excluding hydrogens is 359 g/mol. The number of nitrogens with zero attached hydrogens (tertiary/aromatic N) is 4. The summed E-state index contributed by atoms with van der Waals surface area (Å²) in [7, 11) is 0. The van der Waals surface area contributed by atoms with Crippen LogP contribution in [0.5, 0.6) is 0 Å². The quantitative estimate of drug-likeness (QED) is 0.360. The van der Waals surface area contributed by atoms with E-state index in [-0.39, 0.29) is 16.8 Å². The van der Waals surface area contributed by atoms with Gasteiger partial charge in [-0.05, 0) is 24.1 Å². The number of azide groups is 1. The number of hydrogen-bond donors (Lipinski definition) is 1. The first-order valence-electron chi connectivity index (χ1n) is 7.73. The first-order valence-corrected chi connectivity index (χ1v) is 7.73. The SMILES string of the molecule is Cc1c(C(F)(F)F)ccc(N=[N+]=[N-])c1C(=O)Nc1cncc2ccccc12. The third-order valence-electron chi connectivity index (χ3n) is 4.04. The highest BCUT2D eigenvalue weighted by Crippen LogP contribution is 2.37. The number of amides is 1. The lowest BCUT2D eigenvalue weighted by Crippen LogP contribution is -2.17. The number of rotatable bonds is 3. The van der Waals surface area contributed by atoms with Gasteiger partial charge in [-0.15, -0.1) is 0 Å². The predicted molar refractivity (Wildman–Crippen MR) is 94.7 cm³/mol. The Balaban J connectivity index is 2.11. The Hall–Kier alpha value is -3.58. The smallest absolute Gasteiger partial charge is 0.320 e. The van der Waals surface area contributed by atoms with Crippen molar-refractivity contribution in [3.8, 4) is 0 Å². The third kappa shape index (κ3) is 3.54. The van der Waals surface area contributed by atoms with Crippen molar-refractivity contribution in [3.05, 3.63) is 75.9 Å². The molecule has 27 heavy (non-hydrogen) atoms. The summed E-state index contributed by atoms with van der Waals surface area (Å²) in [5.74, 6) is -0.820. The second-order valence-electron chi connectivity index (χ2n) is 5.68. The van der Waals surface area contributed by atoms with Crippen LogP contribution < -0.4 is 5.32 Å². The highest BCUT2D eigenvalue weighted by Gasteiger charge is 2.34. The van der Waals surface area contributed by atoms with E-state index in [1.165, 1.54) is 6.20 Å². The first kappa shape index (κ1) is 18.2. The van der Waals surface area contributed by atoms with E-state index in [1.54, 1.807) is 30.5 Å². The van der Waals surface area contributed by atoms with Gasteiger partial charge in [-0.1, -0.05) is 35.4 Å². The largest absolute Gasteiger partial charge is 0.416 e. The Morgan fingerprint density at radius 1 is 1.19 bits per heavy atom. The van der Waals surface area contributed by atoms with Crippen LogP contribution in [-0.2, 0) is 6.18 Å². The Labute approximate surface area is 151 Å². The molecule has 0 bridgehead atoms. The van der Waals surface area contributed by atoms with Gasteiger partial charge in [0.1, 0.15) is 0 Å². The van der Waals surface area contributed by atoms with Crippen LogP contribution in [0.4, 0.5) is 24.5 Å². The van der Waals surface area contributed by atoms with Crippen LogP contribution in [0.2, 0.25) is 0 Å². The number of hydrogen-bond acceptors (Lipinski definition) is 3. The number of carbonyl (C=O) groups excluding carboxylic acids is 1. The average Bonchev–Trinajstić information content (AvgIpc) is 2.61. The number of aromatic nitrogens is 1. The lowest BCUT2D eigenvalue weighted by molar-refractivity contribution is -0.138. The number of alkyl halides is 3. The molecule has 0 atom stereocenters. The summed E-state index contributed by atoms with van der Waals surface area (Å²) >= 11 is 0. The van der Waals surface area contributed by atoms with Crippen molar-refractivity contribution in [1.29, 1.82) is 0 Å². The van der Waals surface area contributed by atoms with Gasteiger partial charge in [-0.2, -0.15) is 13.2 Å². The third-order valence-corrected chi connectivity index (χ3v) is 4.04. The van der Waals surface area contributed by atoms with Gasteiger partial charge in [-0.25, -0.2) is 0 Å². The van der Waals surface area contributed by atoms with Gasteiger partial charge in [0.15, 0.2) is 0 Å². The second kappa shape index (κ2) is 6.97. The fourth-order valence-electron chi connectivity index (χ4n) is 2.82. The van der Waals surface area contributed by atoms with Crippen molar-refractivity contribution >= 4 is 28.1 Å². The highest BCUT2D eigenvalue weighted by atomic mass is 19.4. The van der Waals surface area contributed by atoms with E-state index in [9.17, 15) is 18.0 Å².